The molecule has 110 valence electrons. The SMILES string of the molecule is Cc1ccc(Oc2cccc(C)c2F)c(CNC2CC2)c1. The molecule has 0 aliphatic heterocycles. The molecule has 2 aromatic rings. The predicted molar refractivity (Wildman–Crippen MR) is 82.3 cm³/mol. The van der Waals surface area contributed by atoms with Crippen LogP contribution < -0.4 is 10.1 Å². The average Bonchev–Trinajstić information content (AvgIpc) is 3.28. The molecule has 0 unspecified atom stereocenters. The smallest absolute Gasteiger partial charge is 0.168 e. The molecule has 0 spiro atoms. The van der Waals surface area contributed by atoms with Gasteiger partial charge in [-0.3, -0.25) is 0 Å². The first-order valence-corrected chi connectivity index (χ1v) is 7.39. The van der Waals surface area contributed by atoms with E-state index in [1.54, 1.807) is 19.1 Å². The molecule has 2 nitrogen and oxygen atoms in total. The number of benzene rings is 2. The monoisotopic (exact) mass is 285 g/mol. The van der Waals surface area contributed by atoms with Crippen LogP contribution >= 0.6 is 0 Å². The number of hydrogen-bond acceptors (Lipinski definition) is 2. The normalized spacial score (nSPS) is 14.2. The molecule has 0 heterocycles. The number of hydrogen-bond donors (Lipinski definition) is 1. The maximum atomic E-state index is 14.1. The van der Waals surface area contributed by atoms with E-state index in [2.05, 4.69) is 18.3 Å². The molecule has 0 bridgehead atoms. The second-order valence-electron chi connectivity index (χ2n) is 5.76. The fourth-order valence-corrected chi connectivity index (χ4v) is 2.31. The summed E-state index contributed by atoms with van der Waals surface area (Å²) in [6, 6.07) is 11.9. The Morgan fingerprint density at radius 1 is 1.14 bits per heavy atom. The maximum absolute atomic E-state index is 14.1. The summed E-state index contributed by atoms with van der Waals surface area (Å²) in [5.74, 6) is 0.712. The van der Waals surface area contributed by atoms with Crippen molar-refractivity contribution in [3.05, 3.63) is 58.9 Å². The molecular formula is C18H20FNO. The Bertz CT molecular complexity index is 650. The van der Waals surface area contributed by atoms with Crippen LogP contribution in [0.2, 0.25) is 0 Å². The highest BCUT2D eigenvalue weighted by Gasteiger charge is 2.21. The second kappa shape index (κ2) is 5.86. The molecule has 21 heavy (non-hydrogen) atoms. The van der Waals surface area contributed by atoms with Gasteiger partial charge in [-0.1, -0.05) is 29.8 Å². The van der Waals surface area contributed by atoms with Gasteiger partial charge >= 0.3 is 0 Å². The van der Waals surface area contributed by atoms with Crippen LogP contribution in [0.4, 0.5) is 4.39 Å². The van der Waals surface area contributed by atoms with Crippen molar-refractivity contribution in [2.75, 3.05) is 0 Å². The van der Waals surface area contributed by atoms with Crippen LogP contribution in [0.5, 0.6) is 11.5 Å². The Hall–Kier alpha value is -1.87. The van der Waals surface area contributed by atoms with Gasteiger partial charge in [-0.05, 0) is 44.4 Å². The highest BCUT2D eigenvalue weighted by molar-refractivity contribution is 5.41. The second-order valence-corrected chi connectivity index (χ2v) is 5.76. The van der Waals surface area contributed by atoms with Crippen molar-refractivity contribution in [3.63, 3.8) is 0 Å². The van der Waals surface area contributed by atoms with Crippen molar-refractivity contribution in [2.45, 2.75) is 39.3 Å². The van der Waals surface area contributed by atoms with Gasteiger partial charge in [0.05, 0.1) is 0 Å². The van der Waals surface area contributed by atoms with E-state index in [0.29, 0.717) is 11.6 Å². The van der Waals surface area contributed by atoms with Crippen molar-refractivity contribution in [3.8, 4) is 11.5 Å². The summed E-state index contributed by atoms with van der Waals surface area (Å²) in [7, 11) is 0. The Morgan fingerprint density at radius 2 is 1.95 bits per heavy atom. The van der Waals surface area contributed by atoms with Crippen LogP contribution in [-0.2, 0) is 6.54 Å². The first kappa shape index (κ1) is 14.1. The third-order valence-corrected chi connectivity index (χ3v) is 3.75. The van der Waals surface area contributed by atoms with Gasteiger partial charge in [-0.25, -0.2) is 4.39 Å². The Morgan fingerprint density at radius 3 is 2.71 bits per heavy atom. The molecule has 3 rings (SSSR count). The van der Waals surface area contributed by atoms with Crippen molar-refractivity contribution in [2.24, 2.45) is 0 Å². The molecule has 0 saturated heterocycles. The van der Waals surface area contributed by atoms with Gasteiger partial charge in [0.1, 0.15) is 5.75 Å². The lowest BCUT2D eigenvalue weighted by atomic mass is 10.1. The minimum Gasteiger partial charge on any atom is -0.454 e. The molecular weight excluding hydrogens is 265 g/mol. The summed E-state index contributed by atoms with van der Waals surface area (Å²) in [5, 5.41) is 3.48. The van der Waals surface area contributed by atoms with Crippen molar-refractivity contribution in [1.82, 2.24) is 5.32 Å². The molecule has 0 atom stereocenters. The third-order valence-electron chi connectivity index (χ3n) is 3.75. The molecule has 1 N–H and O–H groups in total. The molecule has 2 aromatic carbocycles. The topological polar surface area (TPSA) is 21.3 Å². The lowest BCUT2D eigenvalue weighted by Gasteiger charge is -2.14. The molecule has 0 amide bonds. The summed E-state index contributed by atoms with van der Waals surface area (Å²) in [4.78, 5) is 0. The fourth-order valence-electron chi connectivity index (χ4n) is 2.31. The number of aryl methyl sites for hydroxylation is 2. The first-order valence-electron chi connectivity index (χ1n) is 7.39. The minimum atomic E-state index is -0.292. The van der Waals surface area contributed by atoms with E-state index in [1.165, 1.54) is 18.4 Å². The van der Waals surface area contributed by atoms with Crippen molar-refractivity contribution < 1.29 is 9.13 Å². The predicted octanol–water partition coefficient (Wildman–Crippen LogP) is 4.49. The largest absolute Gasteiger partial charge is 0.454 e. The lowest BCUT2D eigenvalue weighted by Crippen LogP contribution is -2.16. The summed E-state index contributed by atoms with van der Waals surface area (Å²) in [5.41, 5.74) is 2.85. The van der Waals surface area contributed by atoms with E-state index >= 15 is 0 Å². The van der Waals surface area contributed by atoms with E-state index in [-0.39, 0.29) is 11.6 Å². The zero-order valence-corrected chi connectivity index (χ0v) is 12.4. The molecule has 1 fully saturated rings. The first-order chi connectivity index (χ1) is 10.1. The summed E-state index contributed by atoms with van der Waals surface area (Å²) >= 11 is 0. The number of halogens is 1. The standard InChI is InChI=1S/C18H20FNO/c1-12-6-9-16(14(10-12)11-20-15-7-8-15)21-17-5-3-4-13(2)18(17)19/h3-6,9-10,15,20H,7-8,11H2,1-2H3. The molecule has 1 saturated carbocycles. The van der Waals surface area contributed by atoms with Crippen LogP contribution in [-0.4, -0.2) is 6.04 Å². The molecule has 3 heteroatoms. The van der Waals surface area contributed by atoms with Gasteiger partial charge in [-0.2, -0.15) is 0 Å². The quantitative estimate of drug-likeness (QED) is 0.874. The van der Waals surface area contributed by atoms with Gasteiger partial charge in [0, 0.05) is 18.2 Å². The average molecular weight is 285 g/mol. The summed E-state index contributed by atoms with van der Waals surface area (Å²) < 4.78 is 19.9. The van der Waals surface area contributed by atoms with Crippen LogP contribution in [0.1, 0.15) is 29.5 Å². The number of ether oxygens (including phenoxy) is 1. The summed E-state index contributed by atoms with van der Waals surface area (Å²) in [6.45, 7) is 4.56. The van der Waals surface area contributed by atoms with Crippen LogP contribution in [0.3, 0.4) is 0 Å². The zero-order chi connectivity index (χ0) is 14.8. The van der Waals surface area contributed by atoms with Gasteiger partial charge in [0.25, 0.3) is 0 Å². The maximum Gasteiger partial charge on any atom is 0.168 e. The van der Waals surface area contributed by atoms with Gasteiger partial charge in [-0.15, -0.1) is 0 Å². The Kier molecular flexibility index (Phi) is 3.93. The minimum absolute atomic E-state index is 0.284. The fraction of sp³-hybridized carbons (Fsp3) is 0.333. The van der Waals surface area contributed by atoms with Crippen LogP contribution in [0, 0.1) is 19.7 Å². The Labute approximate surface area is 125 Å². The lowest BCUT2D eigenvalue weighted by molar-refractivity contribution is 0.433. The highest BCUT2D eigenvalue weighted by Crippen LogP contribution is 2.30. The van der Waals surface area contributed by atoms with E-state index in [9.17, 15) is 4.39 Å². The highest BCUT2D eigenvalue weighted by atomic mass is 19.1. The zero-order valence-electron chi connectivity index (χ0n) is 12.4. The van der Waals surface area contributed by atoms with Crippen LogP contribution in [0.15, 0.2) is 36.4 Å². The van der Waals surface area contributed by atoms with E-state index in [4.69, 9.17) is 4.74 Å². The molecule has 0 aromatic heterocycles. The van der Waals surface area contributed by atoms with Gasteiger partial charge in [0.15, 0.2) is 11.6 Å². The van der Waals surface area contributed by atoms with Crippen molar-refractivity contribution >= 4 is 0 Å². The molecule has 1 aliphatic rings. The molecule has 0 radical (unpaired) electrons. The summed E-state index contributed by atoms with van der Waals surface area (Å²) in [6.07, 6.45) is 2.49. The number of rotatable bonds is 5. The van der Waals surface area contributed by atoms with E-state index in [0.717, 1.165) is 17.9 Å². The van der Waals surface area contributed by atoms with Gasteiger partial charge < -0.3 is 10.1 Å². The number of nitrogens with one attached hydrogen (secondary N) is 1. The third kappa shape index (κ3) is 3.42. The van der Waals surface area contributed by atoms with E-state index < -0.39 is 0 Å². The van der Waals surface area contributed by atoms with Crippen molar-refractivity contribution in [1.29, 1.82) is 0 Å². The Balaban J connectivity index is 1.84. The van der Waals surface area contributed by atoms with Crippen LogP contribution in [0.25, 0.3) is 0 Å². The molecule has 1 aliphatic carbocycles. The van der Waals surface area contributed by atoms with E-state index in [1.807, 2.05) is 18.2 Å². The van der Waals surface area contributed by atoms with Gasteiger partial charge in [0.2, 0.25) is 0 Å².